The standard InChI is InChI=1S/C14H15FN2O4/c15-10-4-2-1-3-9(10)5-8-13(19)17-11(14(20)21)6-7-12(16)18/h1-5,8,11H,6-7H2,(H2,16,18)(H,17,19)(H,20,21)/t11-/m0/s1. The van der Waals surface area contributed by atoms with Crippen LogP contribution < -0.4 is 11.1 Å². The number of primary amides is 1. The number of amides is 2. The van der Waals surface area contributed by atoms with Gasteiger partial charge in [0.25, 0.3) is 0 Å². The van der Waals surface area contributed by atoms with Crippen LogP contribution in [-0.4, -0.2) is 28.9 Å². The Kier molecular flexibility index (Phi) is 6.06. The molecule has 1 aromatic carbocycles. The Bertz CT molecular complexity index is 572. The molecule has 0 fully saturated rings. The smallest absolute Gasteiger partial charge is 0.326 e. The molecule has 1 rings (SSSR count). The Morgan fingerprint density at radius 1 is 1.33 bits per heavy atom. The van der Waals surface area contributed by atoms with Gasteiger partial charge in [-0.3, -0.25) is 9.59 Å². The molecule has 0 saturated heterocycles. The van der Waals surface area contributed by atoms with Gasteiger partial charge in [-0.25, -0.2) is 9.18 Å². The highest BCUT2D eigenvalue weighted by molar-refractivity contribution is 5.94. The maximum absolute atomic E-state index is 13.3. The quantitative estimate of drug-likeness (QED) is 0.642. The van der Waals surface area contributed by atoms with E-state index in [0.29, 0.717) is 0 Å². The number of carboxylic acids is 1. The highest BCUT2D eigenvalue weighted by Gasteiger charge is 2.19. The summed E-state index contributed by atoms with van der Waals surface area (Å²) in [4.78, 5) is 33.1. The normalized spacial score (nSPS) is 12.0. The van der Waals surface area contributed by atoms with Crippen molar-refractivity contribution in [2.75, 3.05) is 0 Å². The topological polar surface area (TPSA) is 109 Å². The number of carbonyl (C=O) groups excluding carboxylic acids is 2. The molecule has 21 heavy (non-hydrogen) atoms. The zero-order valence-corrected chi connectivity index (χ0v) is 11.1. The Labute approximate surface area is 120 Å². The van der Waals surface area contributed by atoms with Crippen LogP contribution >= 0.6 is 0 Å². The van der Waals surface area contributed by atoms with Gasteiger partial charge in [-0.05, 0) is 18.6 Å². The second-order valence-corrected chi connectivity index (χ2v) is 4.26. The monoisotopic (exact) mass is 294 g/mol. The van der Waals surface area contributed by atoms with Gasteiger partial charge in [0, 0.05) is 18.1 Å². The second-order valence-electron chi connectivity index (χ2n) is 4.26. The first kappa shape index (κ1) is 16.4. The van der Waals surface area contributed by atoms with Crippen molar-refractivity contribution in [1.82, 2.24) is 5.32 Å². The van der Waals surface area contributed by atoms with E-state index in [0.717, 1.165) is 6.08 Å². The SMILES string of the molecule is NC(=O)CC[C@H](NC(=O)C=Cc1ccccc1F)C(=O)O. The van der Waals surface area contributed by atoms with Gasteiger partial charge in [0.05, 0.1) is 0 Å². The molecular weight excluding hydrogens is 279 g/mol. The van der Waals surface area contributed by atoms with Crippen molar-refractivity contribution >= 4 is 23.9 Å². The zero-order valence-electron chi connectivity index (χ0n) is 11.1. The first-order valence-electron chi connectivity index (χ1n) is 6.14. The van der Waals surface area contributed by atoms with Crippen LogP contribution in [0.4, 0.5) is 4.39 Å². The number of hydrogen-bond acceptors (Lipinski definition) is 3. The van der Waals surface area contributed by atoms with Gasteiger partial charge in [-0.2, -0.15) is 0 Å². The van der Waals surface area contributed by atoms with Crippen LogP contribution in [0.5, 0.6) is 0 Å². The Balaban J connectivity index is 2.64. The third-order valence-corrected chi connectivity index (χ3v) is 2.61. The van der Waals surface area contributed by atoms with Crippen LogP contribution in [0.3, 0.4) is 0 Å². The van der Waals surface area contributed by atoms with E-state index in [4.69, 9.17) is 10.8 Å². The average molecular weight is 294 g/mol. The van der Waals surface area contributed by atoms with E-state index in [-0.39, 0.29) is 18.4 Å². The molecule has 6 nitrogen and oxygen atoms in total. The van der Waals surface area contributed by atoms with Gasteiger partial charge in [-0.15, -0.1) is 0 Å². The summed E-state index contributed by atoms with van der Waals surface area (Å²) in [7, 11) is 0. The summed E-state index contributed by atoms with van der Waals surface area (Å²) in [6.45, 7) is 0. The Morgan fingerprint density at radius 2 is 2.00 bits per heavy atom. The predicted octanol–water partition coefficient (Wildman–Crippen LogP) is 0.674. The van der Waals surface area contributed by atoms with Crippen molar-refractivity contribution in [2.24, 2.45) is 5.73 Å². The van der Waals surface area contributed by atoms with Gasteiger partial charge < -0.3 is 16.2 Å². The minimum absolute atomic E-state index is 0.107. The van der Waals surface area contributed by atoms with Crippen LogP contribution in [0.25, 0.3) is 6.08 Å². The number of nitrogens with two attached hydrogens (primary N) is 1. The molecule has 0 aromatic heterocycles. The van der Waals surface area contributed by atoms with E-state index in [1.807, 2.05) is 0 Å². The van der Waals surface area contributed by atoms with Crippen LogP contribution in [-0.2, 0) is 14.4 Å². The summed E-state index contributed by atoms with van der Waals surface area (Å²) in [5.74, 6) is -3.12. The zero-order chi connectivity index (χ0) is 15.8. The molecule has 112 valence electrons. The van der Waals surface area contributed by atoms with Gasteiger partial charge in [0.2, 0.25) is 11.8 Å². The van der Waals surface area contributed by atoms with Crippen molar-refractivity contribution in [3.8, 4) is 0 Å². The van der Waals surface area contributed by atoms with E-state index < -0.39 is 29.6 Å². The number of nitrogens with one attached hydrogen (secondary N) is 1. The number of benzene rings is 1. The molecule has 2 amide bonds. The third-order valence-electron chi connectivity index (χ3n) is 2.61. The number of carbonyl (C=O) groups is 3. The number of halogens is 1. The van der Waals surface area contributed by atoms with Crippen LogP contribution in [0.15, 0.2) is 30.3 Å². The van der Waals surface area contributed by atoms with Crippen LogP contribution in [0, 0.1) is 5.82 Å². The molecule has 0 aliphatic heterocycles. The minimum atomic E-state index is -1.27. The largest absolute Gasteiger partial charge is 0.480 e. The lowest BCUT2D eigenvalue weighted by molar-refractivity contribution is -0.141. The molecule has 0 aliphatic carbocycles. The maximum Gasteiger partial charge on any atom is 0.326 e. The lowest BCUT2D eigenvalue weighted by Gasteiger charge is -2.11. The molecule has 0 saturated carbocycles. The number of hydrogen-bond donors (Lipinski definition) is 3. The molecule has 7 heteroatoms. The first-order valence-corrected chi connectivity index (χ1v) is 6.14. The van der Waals surface area contributed by atoms with Gasteiger partial charge in [-0.1, -0.05) is 18.2 Å². The third kappa shape index (κ3) is 5.85. The molecular formula is C14H15FN2O4. The Morgan fingerprint density at radius 3 is 2.57 bits per heavy atom. The van der Waals surface area contributed by atoms with E-state index in [1.165, 1.54) is 24.3 Å². The van der Waals surface area contributed by atoms with E-state index in [2.05, 4.69) is 5.32 Å². The van der Waals surface area contributed by atoms with Crippen molar-refractivity contribution in [2.45, 2.75) is 18.9 Å². The summed E-state index contributed by atoms with van der Waals surface area (Å²) in [5.41, 5.74) is 5.13. The molecule has 1 atom stereocenters. The van der Waals surface area contributed by atoms with Gasteiger partial charge >= 0.3 is 5.97 Å². The fourth-order valence-electron chi connectivity index (χ4n) is 1.54. The summed E-state index contributed by atoms with van der Waals surface area (Å²) >= 11 is 0. The lowest BCUT2D eigenvalue weighted by Crippen LogP contribution is -2.40. The van der Waals surface area contributed by atoms with E-state index >= 15 is 0 Å². The van der Waals surface area contributed by atoms with Gasteiger partial charge in [0.15, 0.2) is 0 Å². The maximum atomic E-state index is 13.3. The highest BCUT2D eigenvalue weighted by Crippen LogP contribution is 2.08. The molecule has 4 N–H and O–H groups in total. The predicted molar refractivity (Wildman–Crippen MR) is 73.4 cm³/mol. The number of carboxylic acid groups (broad SMARTS) is 1. The lowest BCUT2D eigenvalue weighted by atomic mass is 10.1. The molecule has 0 bridgehead atoms. The fourth-order valence-corrected chi connectivity index (χ4v) is 1.54. The summed E-state index contributed by atoms with van der Waals surface area (Å²) in [5, 5.41) is 11.1. The van der Waals surface area contributed by atoms with Crippen LogP contribution in [0.1, 0.15) is 18.4 Å². The van der Waals surface area contributed by atoms with Crippen molar-refractivity contribution in [1.29, 1.82) is 0 Å². The molecule has 0 aliphatic rings. The summed E-state index contributed by atoms with van der Waals surface area (Å²) in [6.07, 6.45) is 1.99. The van der Waals surface area contributed by atoms with Crippen molar-refractivity contribution in [3.05, 3.63) is 41.7 Å². The van der Waals surface area contributed by atoms with E-state index in [9.17, 15) is 18.8 Å². The highest BCUT2D eigenvalue weighted by atomic mass is 19.1. The van der Waals surface area contributed by atoms with Gasteiger partial charge in [0.1, 0.15) is 11.9 Å². The average Bonchev–Trinajstić information content (AvgIpc) is 2.42. The molecule has 1 aromatic rings. The van der Waals surface area contributed by atoms with E-state index in [1.54, 1.807) is 6.07 Å². The van der Waals surface area contributed by atoms with Crippen molar-refractivity contribution < 1.29 is 23.9 Å². The minimum Gasteiger partial charge on any atom is -0.480 e. The number of aliphatic carboxylic acids is 1. The molecule has 0 spiro atoms. The second kappa shape index (κ2) is 7.78. The van der Waals surface area contributed by atoms with Crippen LogP contribution in [0.2, 0.25) is 0 Å². The number of rotatable bonds is 7. The molecule has 0 heterocycles. The Hall–Kier alpha value is -2.70. The summed E-state index contributed by atoms with van der Waals surface area (Å²) < 4.78 is 13.3. The first-order chi connectivity index (χ1) is 9.90. The fraction of sp³-hybridized carbons (Fsp3) is 0.214. The van der Waals surface area contributed by atoms with Crippen molar-refractivity contribution in [3.63, 3.8) is 0 Å². The summed E-state index contributed by atoms with van der Waals surface area (Å²) in [6, 6.07) is 4.60. The molecule has 0 radical (unpaired) electrons. The molecule has 0 unspecified atom stereocenters.